The predicted molar refractivity (Wildman–Crippen MR) is 181 cm³/mol. The van der Waals surface area contributed by atoms with E-state index in [9.17, 15) is 19.2 Å². The molecule has 48 heavy (non-hydrogen) atoms. The number of amides is 4. The fourth-order valence-electron chi connectivity index (χ4n) is 9.27. The molecule has 9 rings (SSSR count). The van der Waals surface area contributed by atoms with Gasteiger partial charge in [0.1, 0.15) is 11.5 Å². The van der Waals surface area contributed by atoms with Gasteiger partial charge in [-0.3, -0.25) is 29.0 Å². The molecule has 2 heterocycles. The highest BCUT2D eigenvalue weighted by atomic mass is 16.5. The second-order valence-corrected chi connectivity index (χ2v) is 12.9. The average molecular weight is 639 g/mol. The summed E-state index contributed by atoms with van der Waals surface area (Å²) in [7, 11) is 3.12. The Morgan fingerprint density at radius 2 is 0.958 bits per heavy atom. The second-order valence-electron chi connectivity index (χ2n) is 12.9. The predicted octanol–water partition coefficient (Wildman–Crippen LogP) is 6.27. The minimum Gasteiger partial charge on any atom is -0.497 e. The number of ether oxygens (including phenoxy) is 2. The van der Waals surface area contributed by atoms with Crippen LogP contribution in [0, 0.1) is 35.0 Å². The smallest absolute Gasteiger partial charge is 0.238 e. The van der Waals surface area contributed by atoms with Crippen molar-refractivity contribution in [2.45, 2.75) is 13.3 Å². The zero-order chi connectivity index (χ0) is 33.3. The van der Waals surface area contributed by atoms with Gasteiger partial charge in [-0.2, -0.15) is 0 Å². The Hall–Kier alpha value is -5.50. The van der Waals surface area contributed by atoms with Crippen molar-refractivity contribution in [1.29, 1.82) is 0 Å². The number of allylic oxidation sites excluding steroid dienone is 2. The van der Waals surface area contributed by atoms with Crippen molar-refractivity contribution in [3.63, 3.8) is 0 Å². The normalized spacial score (nSPS) is 27.4. The molecule has 0 aromatic heterocycles. The molecule has 0 N–H and O–H groups in total. The lowest BCUT2D eigenvalue weighted by atomic mass is 9.40. The molecule has 2 bridgehead atoms. The molecule has 0 spiro atoms. The van der Waals surface area contributed by atoms with Crippen molar-refractivity contribution in [1.82, 2.24) is 0 Å². The van der Waals surface area contributed by atoms with Gasteiger partial charge in [-0.05, 0) is 77.2 Å². The van der Waals surface area contributed by atoms with E-state index in [0.29, 0.717) is 29.3 Å². The molecule has 3 fully saturated rings. The number of hydrogen-bond acceptors (Lipinski definition) is 6. The van der Waals surface area contributed by atoms with Crippen LogP contribution < -0.4 is 19.3 Å². The summed E-state index contributed by atoms with van der Waals surface area (Å²) in [5, 5.41) is 0. The number of nitrogens with zero attached hydrogens (tertiary/aromatic N) is 2. The summed E-state index contributed by atoms with van der Waals surface area (Å²) in [6, 6.07) is 33.4. The standard InChI is InChI=1S/C40H34N2O6/c1-4-40-33(24-13-9-6-10-14-24)29(23-11-7-5-8-12-23)30(31-34(40)38(45)41(36(31)43)25-15-19-27(47-2)20-16-25)32-35(40)39(46)42(37(32)44)26-17-21-28(48-3)22-18-26/h5-22,30-32,34-35H,4H2,1-3H3/t30?,31-,32+,34-,35+,40?. The zero-order valence-electron chi connectivity index (χ0n) is 26.8. The third-order valence-corrected chi connectivity index (χ3v) is 11.0. The van der Waals surface area contributed by atoms with Gasteiger partial charge in [-0.15, -0.1) is 0 Å². The van der Waals surface area contributed by atoms with Crippen LogP contribution >= 0.6 is 0 Å². The van der Waals surface area contributed by atoms with E-state index in [4.69, 9.17) is 9.47 Å². The van der Waals surface area contributed by atoms with Crippen LogP contribution in [-0.2, 0) is 19.2 Å². The van der Waals surface area contributed by atoms with Crippen LogP contribution in [0.15, 0.2) is 109 Å². The molecule has 8 nitrogen and oxygen atoms in total. The molecule has 3 aliphatic carbocycles. The number of rotatable bonds is 7. The highest BCUT2D eigenvalue weighted by molar-refractivity contribution is 6.29. The van der Waals surface area contributed by atoms with E-state index in [1.165, 1.54) is 9.80 Å². The monoisotopic (exact) mass is 638 g/mol. The Balaban J connectivity index is 1.40. The Kier molecular flexibility index (Phi) is 6.87. The summed E-state index contributed by atoms with van der Waals surface area (Å²) in [6.45, 7) is 1.98. The van der Waals surface area contributed by atoms with Crippen molar-refractivity contribution in [2.75, 3.05) is 24.0 Å². The van der Waals surface area contributed by atoms with Crippen molar-refractivity contribution < 1.29 is 28.7 Å². The first-order valence-electron chi connectivity index (χ1n) is 16.3. The van der Waals surface area contributed by atoms with Crippen molar-refractivity contribution in [3.05, 3.63) is 120 Å². The van der Waals surface area contributed by atoms with Gasteiger partial charge in [-0.1, -0.05) is 67.6 Å². The highest BCUT2D eigenvalue weighted by Gasteiger charge is 2.77. The summed E-state index contributed by atoms with van der Waals surface area (Å²) >= 11 is 0. The van der Waals surface area contributed by atoms with E-state index in [1.807, 2.05) is 67.6 Å². The van der Waals surface area contributed by atoms with Crippen LogP contribution in [0.4, 0.5) is 11.4 Å². The average Bonchev–Trinajstić information content (AvgIpc) is 3.57. The summed E-state index contributed by atoms with van der Waals surface area (Å²) < 4.78 is 10.7. The summed E-state index contributed by atoms with van der Waals surface area (Å²) in [6.07, 6.45) is 0.369. The molecule has 2 saturated heterocycles. The first-order chi connectivity index (χ1) is 23.4. The summed E-state index contributed by atoms with van der Waals surface area (Å²) in [5.41, 5.74) is 3.22. The Morgan fingerprint density at radius 1 is 0.542 bits per heavy atom. The van der Waals surface area contributed by atoms with Crippen molar-refractivity contribution in [3.8, 4) is 11.5 Å². The van der Waals surface area contributed by atoms with Gasteiger partial charge in [0.25, 0.3) is 0 Å². The summed E-state index contributed by atoms with van der Waals surface area (Å²) in [4.78, 5) is 62.0. The zero-order valence-corrected chi connectivity index (χ0v) is 26.8. The quantitative estimate of drug-likeness (QED) is 0.222. The van der Waals surface area contributed by atoms with Crippen LogP contribution in [0.2, 0.25) is 0 Å². The van der Waals surface area contributed by atoms with Crippen molar-refractivity contribution >= 4 is 46.1 Å². The molecular formula is C40H34N2O6. The number of benzene rings is 4. The highest BCUT2D eigenvalue weighted by Crippen LogP contribution is 2.73. The lowest BCUT2D eigenvalue weighted by molar-refractivity contribution is -0.145. The van der Waals surface area contributed by atoms with E-state index in [1.54, 1.807) is 62.8 Å². The first-order valence-corrected chi connectivity index (χ1v) is 16.3. The number of carbonyl (C=O) groups is 4. The molecule has 240 valence electrons. The van der Waals surface area contributed by atoms with Gasteiger partial charge >= 0.3 is 0 Å². The van der Waals surface area contributed by atoms with E-state index >= 15 is 0 Å². The lowest BCUT2D eigenvalue weighted by Gasteiger charge is -2.58. The van der Waals surface area contributed by atoms with Crippen molar-refractivity contribution in [2.24, 2.45) is 35.0 Å². The molecule has 2 aliphatic heterocycles. The van der Waals surface area contributed by atoms with Crippen LogP contribution in [-0.4, -0.2) is 37.8 Å². The minimum absolute atomic E-state index is 0.343. The molecule has 6 atom stereocenters. The summed E-state index contributed by atoms with van der Waals surface area (Å²) in [5.74, 6) is -4.27. The maximum atomic E-state index is 14.9. The number of carbonyl (C=O) groups excluding carboxylic acids is 4. The van der Waals surface area contributed by atoms with Crippen LogP contribution in [0.25, 0.3) is 11.1 Å². The molecule has 0 radical (unpaired) electrons. The molecule has 2 unspecified atom stereocenters. The third-order valence-electron chi connectivity index (χ3n) is 11.0. The van der Waals surface area contributed by atoms with Crippen LogP contribution in [0.1, 0.15) is 24.5 Å². The minimum atomic E-state index is -1.15. The Bertz CT molecular complexity index is 1900. The van der Waals surface area contributed by atoms with Crippen LogP contribution in [0.5, 0.6) is 11.5 Å². The van der Waals surface area contributed by atoms with Gasteiger partial charge in [0, 0.05) is 11.3 Å². The Morgan fingerprint density at radius 3 is 1.35 bits per heavy atom. The van der Waals surface area contributed by atoms with E-state index < -0.39 is 35.0 Å². The van der Waals surface area contributed by atoms with E-state index in [-0.39, 0.29) is 23.6 Å². The van der Waals surface area contributed by atoms with Gasteiger partial charge in [0.05, 0.1) is 49.3 Å². The fraction of sp³-hybridized carbons (Fsp3) is 0.250. The SMILES string of the molecule is CCC12C(c3ccccc3)=C(c3ccccc3)C([C@H]3C(=O)N(c4ccc(OC)cc4)C(=O)[C@@H]31)[C@@H]1C(=O)N(c3ccc(OC)cc3)C(=O)[C@H]12. The van der Waals surface area contributed by atoms with Gasteiger partial charge < -0.3 is 9.47 Å². The second kappa shape index (κ2) is 11.0. The molecule has 4 amide bonds. The third kappa shape index (κ3) is 3.89. The molecule has 8 heteroatoms. The van der Waals surface area contributed by atoms with E-state index in [0.717, 1.165) is 22.3 Å². The molecule has 4 aromatic carbocycles. The molecule has 4 aromatic rings. The maximum Gasteiger partial charge on any atom is 0.238 e. The first kappa shape index (κ1) is 29.9. The van der Waals surface area contributed by atoms with E-state index in [2.05, 4.69) is 0 Å². The Labute approximate surface area is 278 Å². The topological polar surface area (TPSA) is 93.2 Å². The maximum absolute atomic E-state index is 14.9. The number of anilines is 2. The number of methoxy groups -OCH3 is 2. The van der Waals surface area contributed by atoms with Gasteiger partial charge in [0.2, 0.25) is 23.6 Å². The fourth-order valence-corrected chi connectivity index (χ4v) is 9.27. The molecule has 1 saturated carbocycles. The number of imide groups is 2. The molecule has 5 aliphatic rings. The lowest BCUT2D eigenvalue weighted by Crippen LogP contribution is -2.60. The van der Waals surface area contributed by atoms with Gasteiger partial charge in [-0.25, -0.2) is 0 Å². The number of hydrogen-bond donors (Lipinski definition) is 0. The van der Waals surface area contributed by atoms with Crippen LogP contribution in [0.3, 0.4) is 0 Å². The largest absolute Gasteiger partial charge is 0.497 e. The van der Waals surface area contributed by atoms with Gasteiger partial charge in [0.15, 0.2) is 0 Å². The molecular weight excluding hydrogens is 604 g/mol.